The van der Waals surface area contributed by atoms with Crippen LogP contribution in [0, 0.1) is 0 Å². The summed E-state index contributed by atoms with van der Waals surface area (Å²) in [6.45, 7) is 0.468. The lowest BCUT2D eigenvalue weighted by Crippen LogP contribution is -2.39. The van der Waals surface area contributed by atoms with Crippen molar-refractivity contribution < 1.29 is 22.1 Å². The second kappa shape index (κ2) is 6.86. The van der Waals surface area contributed by atoms with E-state index in [2.05, 4.69) is 5.32 Å². The predicted octanol–water partition coefficient (Wildman–Crippen LogP) is 2.51. The van der Waals surface area contributed by atoms with Crippen LogP contribution in [0.5, 0.6) is 11.5 Å². The van der Waals surface area contributed by atoms with Gasteiger partial charge in [-0.2, -0.15) is 8.42 Å². The van der Waals surface area contributed by atoms with E-state index >= 15 is 0 Å². The SMILES string of the molecule is COc1cccc(OS(=O)(=O)c2ccc(N3C=CCNC3=O)cc2)c1. The molecule has 1 heterocycles. The summed E-state index contributed by atoms with van der Waals surface area (Å²) in [6, 6.07) is 11.9. The summed E-state index contributed by atoms with van der Waals surface area (Å²) in [5.74, 6) is 0.646. The first-order valence-electron chi connectivity index (χ1n) is 7.42. The van der Waals surface area contributed by atoms with E-state index in [0.29, 0.717) is 18.0 Å². The van der Waals surface area contributed by atoms with Gasteiger partial charge in [0, 0.05) is 18.8 Å². The Kier molecular flexibility index (Phi) is 4.62. The molecule has 130 valence electrons. The second-order valence-electron chi connectivity index (χ2n) is 5.15. The molecule has 2 amide bonds. The fourth-order valence-corrected chi connectivity index (χ4v) is 3.18. The number of hydrogen-bond acceptors (Lipinski definition) is 5. The molecule has 0 saturated carbocycles. The molecule has 0 atom stereocenters. The van der Waals surface area contributed by atoms with Gasteiger partial charge in [-0.15, -0.1) is 0 Å². The lowest BCUT2D eigenvalue weighted by Gasteiger charge is -2.22. The molecule has 8 heteroatoms. The van der Waals surface area contributed by atoms with Gasteiger partial charge in [-0.25, -0.2) is 4.79 Å². The van der Waals surface area contributed by atoms with Gasteiger partial charge >= 0.3 is 16.1 Å². The summed E-state index contributed by atoms with van der Waals surface area (Å²) in [5.41, 5.74) is 0.550. The molecule has 0 saturated heterocycles. The third kappa shape index (κ3) is 3.74. The average Bonchev–Trinajstić information content (AvgIpc) is 2.62. The van der Waals surface area contributed by atoms with E-state index in [4.69, 9.17) is 8.92 Å². The molecule has 0 fully saturated rings. The Morgan fingerprint density at radius 1 is 1.08 bits per heavy atom. The zero-order valence-electron chi connectivity index (χ0n) is 13.4. The monoisotopic (exact) mass is 360 g/mol. The summed E-state index contributed by atoms with van der Waals surface area (Å²) in [5, 5.41) is 2.66. The van der Waals surface area contributed by atoms with Gasteiger partial charge in [-0.1, -0.05) is 6.07 Å². The quantitative estimate of drug-likeness (QED) is 0.828. The molecular weight excluding hydrogens is 344 g/mol. The molecule has 0 aliphatic carbocycles. The van der Waals surface area contributed by atoms with Crippen LogP contribution >= 0.6 is 0 Å². The smallest absolute Gasteiger partial charge is 0.339 e. The van der Waals surface area contributed by atoms with Crippen molar-refractivity contribution in [2.24, 2.45) is 0 Å². The van der Waals surface area contributed by atoms with Gasteiger partial charge in [0.2, 0.25) is 0 Å². The number of rotatable bonds is 5. The van der Waals surface area contributed by atoms with Crippen molar-refractivity contribution in [3.8, 4) is 11.5 Å². The van der Waals surface area contributed by atoms with Gasteiger partial charge in [-0.05, 0) is 42.5 Å². The number of hydrogen-bond donors (Lipinski definition) is 1. The van der Waals surface area contributed by atoms with Gasteiger partial charge in [0.05, 0.1) is 12.8 Å². The van der Waals surface area contributed by atoms with E-state index in [9.17, 15) is 13.2 Å². The van der Waals surface area contributed by atoms with Gasteiger partial charge in [0.15, 0.2) is 0 Å². The van der Waals surface area contributed by atoms with Crippen molar-refractivity contribution in [2.75, 3.05) is 18.6 Å². The zero-order valence-corrected chi connectivity index (χ0v) is 14.2. The number of anilines is 1. The molecule has 0 spiro atoms. The maximum Gasteiger partial charge on any atom is 0.339 e. The molecule has 25 heavy (non-hydrogen) atoms. The Morgan fingerprint density at radius 2 is 1.80 bits per heavy atom. The molecular formula is C17H16N2O5S. The number of ether oxygens (including phenoxy) is 1. The summed E-state index contributed by atoms with van der Waals surface area (Å²) >= 11 is 0. The maximum atomic E-state index is 12.4. The number of nitrogens with one attached hydrogen (secondary N) is 1. The molecule has 3 rings (SSSR count). The van der Waals surface area contributed by atoms with E-state index in [1.54, 1.807) is 24.4 Å². The van der Waals surface area contributed by atoms with Crippen LogP contribution in [0.4, 0.5) is 10.5 Å². The molecule has 0 aromatic heterocycles. The fourth-order valence-electron chi connectivity index (χ4n) is 2.26. The van der Waals surface area contributed by atoms with Crippen molar-refractivity contribution in [2.45, 2.75) is 4.90 Å². The van der Waals surface area contributed by atoms with Crippen LogP contribution in [0.15, 0.2) is 65.7 Å². The minimum atomic E-state index is -3.99. The molecule has 0 bridgehead atoms. The van der Waals surface area contributed by atoms with Crippen molar-refractivity contribution in [1.29, 1.82) is 0 Å². The highest BCUT2D eigenvalue weighted by Crippen LogP contribution is 2.25. The maximum absolute atomic E-state index is 12.4. The highest BCUT2D eigenvalue weighted by atomic mass is 32.2. The molecule has 1 aliphatic rings. The molecule has 1 aliphatic heterocycles. The number of carbonyl (C=O) groups excluding carboxylic acids is 1. The van der Waals surface area contributed by atoms with Gasteiger partial charge < -0.3 is 14.2 Å². The van der Waals surface area contributed by atoms with Crippen LogP contribution in [-0.4, -0.2) is 28.1 Å². The third-order valence-electron chi connectivity index (χ3n) is 3.50. The van der Waals surface area contributed by atoms with Crippen molar-refractivity contribution in [3.05, 3.63) is 60.8 Å². The molecule has 7 nitrogen and oxygen atoms in total. The summed E-state index contributed by atoms with van der Waals surface area (Å²) < 4.78 is 34.9. The Balaban J connectivity index is 1.81. The predicted molar refractivity (Wildman–Crippen MR) is 92.3 cm³/mol. The van der Waals surface area contributed by atoms with Gasteiger partial charge in [-0.3, -0.25) is 4.90 Å². The van der Waals surface area contributed by atoms with Crippen LogP contribution in [0.25, 0.3) is 0 Å². The standard InChI is InChI=1S/C17H16N2O5S/c1-23-14-4-2-5-15(12-14)24-25(21,22)16-8-6-13(7-9-16)19-11-3-10-18-17(19)20/h2-9,11-12H,10H2,1H3,(H,18,20). The van der Waals surface area contributed by atoms with E-state index < -0.39 is 10.1 Å². The third-order valence-corrected chi connectivity index (χ3v) is 4.76. The van der Waals surface area contributed by atoms with Crippen LogP contribution in [0.2, 0.25) is 0 Å². The number of carbonyl (C=O) groups is 1. The first kappa shape index (κ1) is 16.8. The number of benzene rings is 2. The molecule has 0 unspecified atom stereocenters. The van der Waals surface area contributed by atoms with Crippen molar-refractivity contribution in [3.63, 3.8) is 0 Å². The summed E-state index contributed by atoms with van der Waals surface area (Å²) in [7, 11) is -2.51. The molecule has 0 radical (unpaired) electrons. The highest BCUT2D eigenvalue weighted by molar-refractivity contribution is 7.87. The number of nitrogens with zero attached hydrogens (tertiary/aromatic N) is 1. The lowest BCUT2D eigenvalue weighted by molar-refractivity contribution is 0.248. The molecule has 1 N–H and O–H groups in total. The second-order valence-corrected chi connectivity index (χ2v) is 6.70. The minimum absolute atomic E-state index is 0.0135. The largest absolute Gasteiger partial charge is 0.497 e. The Hall–Kier alpha value is -3.00. The lowest BCUT2D eigenvalue weighted by atomic mass is 10.3. The van der Waals surface area contributed by atoms with Crippen molar-refractivity contribution >= 4 is 21.8 Å². The highest BCUT2D eigenvalue weighted by Gasteiger charge is 2.19. The van der Waals surface area contributed by atoms with E-state index in [1.165, 1.54) is 48.4 Å². The first-order valence-corrected chi connectivity index (χ1v) is 8.83. The van der Waals surface area contributed by atoms with Crippen LogP contribution < -0.4 is 19.1 Å². The molecule has 2 aromatic rings. The Morgan fingerprint density at radius 3 is 2.48 bits per heavy atom. The fraction of sp³-hybridized carbons (Fsp3) is 0.118. The van der Waals surface area contributed by atoms with E-state index in [1.807, 2.05) is 0 Å². The van der Waals surface area contributed by atoms with Gasteiger partial charge in [0.25, 0.3) is 0 Å². The average molecular weight is 360 g/mol. The zero-order chi connectivity index (χ0) is 17.9. The van der Waals surface area contributed by atoms with Crippen molar-refractivity contribution in [1.82, 2.24) is 5.32 Å². The Labute approximate surface area is 145 Å². The van der Waals surface area contributed by atoms with E-state index in [-0.39, 0.29) is 16.7 Å². The number of amides is 2. The number of urea groups is 1. The molecule has 2 aromatic carbocycles. The topological polar surface area (TPSA) is 84.9 Å². The summed E-state index contributed by atoms with van der Waals surface area (Å²) in [4.78, 5) is 13.2. The first-order chi connectivity index (χ1) is 12.0. The van der Waals surface area contributed by atoms with Crippen LogP contribution in [-0.2, 0) is 10.1 Å². The summed E-state index contributed by atoms with van der Waals surface area (Å²) in [6.07, 6.45) is 3.42. The minimum Gasteiger partial charge on any atom is -0.497 e. The van der Waals surface area contributed by atoms with Gasteiger partial charge in [0.1, 0.15) is 16.4 Å². The van der Waals surface area contributed by atoms with Crippen LogP contribution in [0.1, 0.15) is 0 Å². The van der Waals surface area contributed by atoms with Crippen LogP contribution in [0.3, 0.4) is 0 Å². The normalized spacial score (nSPS) is 14.1. The van der Waals surface area contributed by atoms with E-state index in [0.717, 1.165) is 0 Å². The Bertz CT molecular complexity index is 907. The number of methoxy groups -OCH3 is 1.